The van der Waals surface area contributed by atoms with Crippen LogP contribution in [0, 0.1) is 0 Å². The number of nitrogens with one attached hydrogen (secondary N) is 1. The van der Waals surface area contributed by atoms with Crippen LogP contribution in [0.2, 0.25) is 0 Å². The first-order valence-electron chi connectivity index (χ1n) is 8.22. The van der Waals surface area contributed by atoms with Crippen LogP contribution < -0.4 is 11.1 Å². The Hall–Kier alpha value is -0.940. The molecule has 0 radical (unpaired) electrons. The average molecular weight is 309 g/mol. The quantitative estimate of drug-likeness (QED) is 0.786. The first-order valence-corrected chi connectivity index (χ1v) is 9.10. The minimum Gasteiger partial charge on any atom is -0.348 e. The van der Waals surface area contributed by atoms with Crippen molar-refractivity contribution in [2.75, 3.05) is 0 Å². The summed E-state index contributed by atoms with van der Waals surface area (Å²) in [5.41, 5.74) is 6.65. The summed E-state index contributed by atoms with van der Waals surface area (Å²) in [5, 5.41) is 5.86. The first-order chi connectivity index (χ1) is 10.2. The molecular formula is C16H27N3OS. The highest BCUT2D eigenvalue weighted by Crippen LogP contribution is 2.22. The topological polar surface area (TPSA) is 68.0 Å². The van der Waals surface area contributed by atoms with E-state index < -0.39 is 0 Å². The first kappa shape index (κ1) is 16.4. The van der Waals surface area contributed by atoms with Crippen LogP contribution in [0.25, 0.3) is 0 Å². The minimum absolute atomic E-state index is 0.0330. The van der Waals surface area contributed by atoms with E-state index in [4.69, 9.17) is 5.73 Å². The normalized spacial score (nSPS) is 18.2. The molecule has 1 heterocycles. The molecule has 0 aromatic carbocycles. The van der Waals surface area contributed by atoms with Crippen molar-refractivity contribution in [1.29, 1.82) is 0 Å². The molecule has 0 aliphatic heterocycles. The average Bonchev–Trinajstić information content (AvgIpc) is 2.85. The lowest BCUT2D eigenvalue weighted by atomic mass is 10.1. The van der Waals surface area contributed by atoms with Crippen molar-refractivity contribution in [3.63, 3.8) is 0 Å². The fourth-order valence-electron chi connectivity index (χ4n) is 2.79. The third-order valence-electron chi connectivity index (χ3n) is 4.13. The maximum Gasteiger partial charge on any atom is 0.270 e. The van der Waals surface area contributed by atoms with Gasteiger partial charge in [0.05, 0.1) is 6.04 Å². The van der Waals surface area contributed by atoms with Crippen LogP contribution in [-0.2, 0) is 0 Å². The van der Waals surface area contributed by atoms with Crippen LogP contribution in [0.5, 0.6) is 0 Å². The van der Waals surface area contributed by atoms with E-state index in [1.54, 1.807) is 0 Å². The summed E-state index contributed by atoms with van der Waals surface area (Å²) >= 11 is 1.51. The van der Waals surface area contributed by atoms with Gasteiger partial charge >= 0.3 is 0 Å². The predicted octanol–water partition coefficient (Wildman–Crippen LogP) is 3.79. The van der Waals surface area contributed by atoms with Gasteiger partial charge in [-0.15, -0.1) is 11.3 Å². The van der Waals surface area contributed by atoms with E-state index in [1.165, 1.54) is 37.0 Å². The Morgan fingerprint density at radius 1 is 1.43 bits per heavy atom. The number of nitrogens with two attached hydrogens (primary N) is 1. The fourth-order valence-corrected chi connectivity index (χ4v) is 3.63. The molecule has 3 N–H and O–H groups in total. The molecule has 1 saturated carbocycles. The molecule has 0 saturated heterocycles. The van der Waals surface area contributed by atoms with Gasteiger partial charge in [0.15, 0.2) is 0 Å². The van der Waals surface area contributed by atoms with Crippen molar-refractivity contribution < 1.29 is 4.79 Å². The lowest BCUT2D eigenvalue weighted by molar-refractivity contribution is 0.0929. The lowest BCUT2D eigenvalue weighted by Crippen LogP contribution is -2.34. The molecule has 1 atom stereocenters. The molecule has 1 aliphatic carbocycles. The molecular weight excluding hydrogens is 282 g/mol. The number of nitrogens with zero attached hydrogens (tertiary/aromatic N) is 1. The largest absolute Gasteiger partial charge is 0.348 e. The van der Waals surface area contributed by atoms with Gasteiger partial charge in [0.1, 0.15) is 10.7 Å². The number of carbonyl (C=O) groups excluding carboxylic acids is 1. The molecule has 0 bridgehead atoms. The maximum absolute atomic E-state index is 12.3. The molecule has 1 aromatic rings. The third kappa shape index (κ3) is 5.08. The molecule has 2 rings (SSSR count). The highest BCUT2D eigenvalue weighted by Gasteiger charge is 2.19. The number of carbonyl (C=O) groups is 1. The van der Waals surface area contributed by atoms with Crippen LogP contribution in [0.1, 0.15) is 86.2 Å². The van der Waals surface area contributed by atoms with E-state index in [0.29, 0.717) is 11.7 Å². The molecule has 1 amide bonds. The summed E-state index contributed by atoms with van der Waals surface area (Å²) in [5.74, 6) is -0.0351. The van der Waals surface area contributed by atoms with Crippen molar-refractivity contribution >= 4 is 17.2 Å². The van der Waals surface area contributed by atoms with E-state index >= 15 is 0 Å². The molecule has 1 unspecified atom stereocenters. The molecule has 1 fully saturated rings. The van der Waals surface area contributed by atoms with Gasteiger partial charge < -0.3 is 11.1 Å². The Bertz CT molecular complexity index is 438. The smallest absolute Gasteiger partial charge is 0.270 e. The molecule has 5 heteroatoms. The van der Waals surface area contributed by atoms with Crippen molar-refractivity contribution in [2.45, 2.75) is 76.8 Å². The summed E-state index contributed by atoms with van der Waals surface area (Å²) < 4.78 is 0. The molecule has 1 aromatic heterocycles. The number of thiazole rings is 1. The Morgan fingerprint density at radius 2 is 2.14 bits per heavy atom. The monoisotopic (exact) mass is 309 g/mol. The van der Waals surface area contributed by atoms with Gasteiger partial charge in [0.25, 0.3) is 5.91 Å². The van der Waals surface area contributed by atoms with E-state index in [2.05, 4.69) is 17.2 Å². The highest BCUT2D eigenvalue weighted by molar-refractivity contribution is 7.09. The van der Waals surface area contributed by atoms with Crippen molar-refractivity contribution in [3.05, 3.63) is 16.1 Å². The zero-order chi connectivity index (χ0) is 15.1. The predicted molar refractivity (Wildman–Crippen MR) is 87.5 cm³/mol. The van der Waals surface area contributed by atoms with Crippen LogP contribution in [0.4, 0.5) is 0 Å². The third-order valence-corrected chi connectivity index (χ3v) is 5.11. The lowest BCUT2D eigenvalue weighted by Gasteiger charge is -2.15. The summed E-state index contributed by atoms with van der Waals surface area (Å²) in [6, 6.07) is 0.285. The zero-order valence-electron chi connectivity index (χ0n) is 12.9. The second kappa shape index (κ2) is 8.49. The minimum atomic E-state index is -0.0351. The zero-order valence-corrected chi connectivity index (χ0v) is 13.8. The fraction of sp³-hybridized carbons (Fsp3) is 0.750. The summed E-state index contributed by atoms with van der Waals surface area (Å²) in [6.07, 6.45) is 10.4. The van der Waals surface area contributed by atoms with Gasteiger partial charge in [-0.05, 0) is 19.3 Å². The number of aromatic nitrogens is 1. The molecule has 21 heavy (non-hydrogen) atoms. The SMILES string of the molecule is CCCCC(N)c1nc(C(=O)NC2CCCCCC2)cs1. The second-order valence-corrected chi connectivity index (χ2v) is 6.87. The van der Waals surface area contributed by atoms with Crippen molar-refractivity contribution in [3.8, 4) is 0 Å². The molecule has 1 aliphatic rings. The van der Waals surface area contributed by atoms with E-state index in [9.17, 15) is 4.79 Å². The van der Waals surface area contributed by atoms with Gasteiger partial charge in [-0.25, -0.2) is 4.98 Å². The van der Waals surface area contributed by atoms with Crippen LogP contribution >= 0.6 is 11.3 Å². The number of hydrogen-bond donors (Lipinski definition) is 2. The Balaban J connectivity index is 1.88. The summed E-state index contributed by atoms with van der Waals surface area (Å²) in [7, 11) is 0. The summed E-state index contributed by atoms with van der Waals surface area (Å²) in [4.78, 5) is 16.7. The Labute approximate surface area is 131 Å². The number of unbranched alkanes of at least 4 members (excludes halogenated alkanes) is 1. The van der Waals surface area contributed by atoms with Crippen LogP contribution in [0.3, 0.4) is 0 Å². The van der Waals surface area contributed by atoms with Gasteiger partial charge in [-0.2, -0.15) is 0 Å². The number of rotatable bonds is 6. The van der Waals surface area contributed by atoms with Crippen molar-refractivity contribution in [1.82, 2.24) is 10.3 Å². The maximum atomic E-state index is 12.3. The van der Waals surface area contributed by atoms with E-state index in [-0.39, 0.29) is 11.9 Å². The van der Waals surface area contributed by atoms with Gasteiger partial charge in [-0.1, -0.05) is 45.4 Å². The van der Waals surface area contributed by atoms with E-state index in [0.717, 1.165) is 37.1 Å². The van der Waals surface area contributed by atoms with Gasteiger partial charge in [0.2, 0.25) is 0 Å². The number of amides is 1. The van der Waals surface area contributed by atoms with Gasteiger partial charge in [-0.3, -0.25) is 4.79 Å². The highest BCUT2D eigenvalue weighted by atomic mass is 32.1. The molecule has 118 valence electrons. The van der Waals surface area contributed by atoms with E-state index in [1.807, 2.05) is 5.38 Å². The van der Waals surface area contributed by atoms with Crippen LogP contribution in [-0.4, -0.2) is 16.9 Å². The summed E-state index contributed by atoms with van der Waals surface area (Å²) in [6.45, 7) is 2.15. The van der Waals surface area contributed by atoms with Crippen molar-refractivity contribution in [2.24, 2.45) is 5.73 Å². The van der Waals surface area contributed by atoms with Crippen LogP contribution in [0.15, 0.2) is 5.38 Å². The Morgan fingerprint density at radius 3 is 2.81 bits per heavy atom. The standard InChI is InChI=1S/C16H27N3OS/c1-2-3-10-13(17)16-19-14(11-21-16)15(20)18-12-8-6-4-5-7-9-12/h11-13H,2-10,17H2,1H3,(H,18,20). The number of hydrogen-bond acceptors (Lipinski definition) is 4. The Kier molecular flexibility index (Phi) is 6.64. The second-order valence-electron chi connectivity index (χ2n) is 5.98. The molecule has 0 spiro atoms. The molecule has 4 nitrogen and oxygen atoms in total. The van der Waals surface area contributed by atoms with Gasteiger partial charge in [0, 0.05) is 11.4 Å².